The van der Waals surface area contributed by atoms with Gasteiger partial charge in [0.1, 0.15) is 17.5 Å². The van der Waals surface area contributed by atoms with Crippen molar-refractivity contribution in [3.8, 4) is 11.5 Å². The fourth-order valence-corrected chi connectivity index (χ4v) is 4.71. The molecule has 3 rings (SSSR count). The number of ether oxygens (including phenoxy) is 3. The van der Waals surface area contributed by atoms with E-state index in [2.05, 4.69) is 27.7 Å². The number of methoxy groups -OCH3 is 2. The standard InChI is InChI=1S/C23H32O5/c1-12(2)23(4,5)14-10-13(3)19(24)16(11-14)20-15-8-9-17(26-6)21(27-7)18(15)22(25)28-20/h8-9,12-14,16,20H,10-11H2,1-7H3/t13-,14-,16-,20+/m0/s1. The molecule has 28 heavy (non-hydrogen) atoms. The van der Waals surface area contributed by atoms with Crippen molar-refractivity contribution in [2.45, 2.75) is 53.6 Å². The number of hydrogen-bond acceptors (Lipinski definition) is 5. The lowest BCUT2D eigenvalue weighted by Crippen LogP contribution is -2.42. The van der Waals surface area contributed by atoms with E-state index in [9.17, 15) is 9.59 Å². The van der Waals surface area contributed by atoms with E-state index in [1.54, 1.807) is 6.07 Å². The third kappa shape index (κ3) is 3.19. The first-order chi connectivity index (χ1) is 13.1. The van der Waals surface area contributed by atoms with Crippen LogP contribution in [-0.2, 0) is 9.53 Å². The van der Waals surface area contributed by atoms with Crippen molar-refractivity contribution in [2.75, 3.05) is 14.2 Å². The molecular weight excluding hydrogens is 356 g/mol. The van der Waals surface area contributed by atoms with Gasteiger partial charge in [-0.15, -0.1) is 0 Å². The molecule has 0 bridgehead atoms. The maximum atomic E-state index is 13.1. The summed E-state index contributed by atoms with van der Waals surface area (Å²) in [5.74, 6) is 1.15. The predicted octanol–water partition coefficient (Wildman–Crippen LogP) is 4.83. The van der Waals surface area contributed by atoms with Crippen LogP contribution in [0.2, 0.25) is 0 Å². The number of hydrogen-bond donors (Lipinski definition) is 0. The van der Waals surface area contributed by atoms with Crippen LogP contribution in [0.3, 0.4) is 0 Å². The van der Waals surface area contributed by atoms with Gasteiger partial charge in [-0.1, -0.05) is 40.7 Å². The molecule has 0 unspecified atom stereocenters. The highest BCUT2D eigenvalue weighted by atomic mass is 16.6. The van der Waals surface area contributed by atoms with Crippen molar-refractivity contribution in [1.82, 2.24) is 0 Å². The fourth-order valence-electron chi connectivity index (χ4n) is 4.71. The second-order valence-corrected chi connectivity index (χ2v) is 9.15. The highest BCUT2D eigenvalue weighted by Crippen LogP contribution is 2.52. The molecule has 5 nitrogen and oxygen atoms in total. The Bertz CT molecular complexity index is 779. The molecule has 1 saturated carbocycles. The molecule has 0 N–H and O–H groups in total. The van der Waals surface area contributed by atoms with Crippen LogP contribution in [0.1, 0.15) is 69.5 Å². The molecule has 1 aromatic rings. The maximum absolute atomic E-state index is 13.1. The van der Waals surface area contributed by atoms with Gasteiger partial charge in [-0.3, -0.25) is 4.79 Å². The Morgan fingerprint density at radius 3 is 2.36 bits per heavy atom. The van der Waals surface area contributed by atoms with Crippen molar-refractivity contribution in [3.63, 3.8) is 0 Å². The molecule has 5 heteroatoms. The minimum absolute atomic E-state index is 0.0373. The zero-order valence-electron chi connectivity index (χ0n) is 18.0. The second kappa shape index (κ2) is 7.41. The Kier molecular flexibility index (Phi) is 5.48. The summed E-state index contributed by atoms with van der Waals surface area (Å²) in [6, 6.07) is 3.61. The lowest BCUT2D eigenvalue weighted by molar-refractivity contribution is -0.136. The zero-order chi connectivity index (χ0) is 20.8. The Hall–Kier alpha value is -2.04. The number of benzene rings is 1. The van der Waals surface area contributed by atoms with Gasteiger partial charge in [-0.2, -0.15) is 0 Å². The van der Waals surface area contributed by atoms with E-state index in [4.69, 9.17) is 14.2 Å². The highest BCUT2D eigenvalue weighted by Gasteiger charge is 2.49. The van der Waals surface area contributed by atoms with Gasteiger partial charge in [-0.25, -0.2) is 4.79 Å². The van der Waals surface area contributed by atoms with E-state index in [0.717, 1.165) is 18.4 Å². The number of fused-ring (bicyclic) bond motifs is 1. The van der Waals surface area contributed by atoms with Crippen LogP contribution in [0.5, 0.6) is 11.5 Å². The third-order valence-corrected chi connectivity index (χ3v) is 7.26. The van der Waals surface area contributed by atoms with Crippen LogP contribution < -0.4 is 9.47 Å². The van der Waals surface area contributed by atoms with E-state index >= 15 is 0 Å². The topological polar surface area (TPSA) is 61.8 Å². The molecule has 0 aromatic heterocycles. The van der Waals surface area contributed by atoms with Crippen molar-refractivity contribution < 1.29 is 23.8 Å². The Labute approximate surface area is 167 Å². The maximum Gasteiger partial charge on any atom is 0.343 e. The largest absolute Gasteiger partial charge is 0.493 e. The van der Waals surface area contributed by atoms with Crippen LogP contribution in [0.4, 0.5) is 0 Å². The van der Waals surface area contributed by atoms with E-state index in [0.29, 0.717) is 28.9 Å². The average Bonchev–Trinajstić information content (AvgIpc) is 2.99. The van der Waals surface area contributed by atoms with E-state index < -0.39 is 12.1 Å². The van der Waals surface area contributed by atoms with Gasteiger partial charge in [0.05, 0.1) is 20.1 Å². The first kappa shape index (κ1) is 20.7. The summed E-state index contributed by atoms with van der Waals surface area (Å²) in [5, 5.41) is 0. The highest BCUT2D eigenvalue weighted by molar-refractivity contribution is 5.99. The minimum atomic E-state index is -0.553. The molecule has 0 radical (unpaired) electrons. The molecule has 0 saturated heterocycles. The summed E-state index contributed by atoms with van der Waals surface area (Å²) >= 11 is 0. The Morgan fingerprint density at radius 2 is 1.79 bits per heavy atom. The van der Waals surface area contributed by atoms with Crippen LogP contribution in [-0.4, -0.2) is 26.0 Å². The first-order valence-electron chi connectivity index (χ1n) is 10.1. The van der Waals surface area contributed by atoms with Crippen molar-refractivity contribution in [3.05, 3.63) is 23.3 Å². The summed E-state index contributed by atoms with van der Waals surface area (Å²) in [6.45, 7) is 11.0. The van der Waals surface area contributed by atoms with Crippen LogP contribution in [0.15, 0.2) is 12.1 Å². The number of carbonyl (C=O) groups is 2. The van der Waals surface area contributed by atoms with Crippen LogP contribution >= 0.6 is 0 Å². The normalized spacial score (nSPS) is 27.6. The van der Waals surface area contributed by atoms with Crippen LogP contribution in [0, 0.1) is 29.1 Å². The molecular formula is C23H32O5. The summed E-state index contributed by atoms with van der Waals surface area (Å²) in [7, 11) is 3.04. The SMILES string of the molecule is COc1ccc2c(c1OC)C(=O)O[C@H]2[C@H]1C[C@@H](C(C)(C)C(C)C)C[C@H](C)C1=O. The van der Waals surface area contributed by atoms with Gasteiger partial charge in [-0.05, 0) is 36.2 Å². The van der Waals surface area contributed by atoms with E-state index in [1.165, 1.54) is 14.2 Å². The summed E-state index contributed by atoms with van der Waals surface area (Å²) in [4.78, 5) is 25.8. The molecule has 1 aliphatic carbocycles. The van der Waals surface area contributed by atoms with Gasteiger partial charge < -0.3 is 14.2 Å². The molecule has 154 valence electrons. The van der Waals surface area contributed by atoms with Gasteiger partial charge >= 0.3 is 5.97 Å². The summed E-state index contributed by atoms with van der Waals surface area (Å²) < 4.78 is 16.5. The number of ketones is 1. The fraction of sp³-hybridized carbons (Fsp3) is 0.652. The van der Waals surface area contributed by atoms with Gasteiger partial charge in [0.2, 0.25) is 0 Å². The molecule has 0 spiro atoms. The minimum Gasteiger partial charge on any atom is -0.493 e. The van der Waals surface area contributed by atoms with E-state index in [1.807, 2.05) is 13.0 Å². The zero-order valence-corrected chi connectivity index (χ0v) is 18.0. The number of carbonyl (C=O) groups excluding carboxylic acids is 2. The second-order valence-electron chi connectivity index (χ2n) is 9.15. The number of Topliss-reactive ketones (excluding diaryl/α,β-unsaturated/α-hetero) is 1. The van der Waals surface area contributed by atoms with Crippen molar-refractivity contribution in [1.29, 1.82) is 0 Å². The Morgan fingerprint density at radius 1 is 1.11 bits per heavy atom. The smallest absolute Gasteiger partial charge is 0.343 e. The molecule has 0 amide bonds. The Balaban J connectivity index is 2.00. The lowest BCUT2D eigenvalue weighted by Gasteiger charge is -2.45. The van der Waals surface area contributed by atoms with Crippen LogP contribution in [0.25, 0.3) is 0 Å². The monoisotopic (exact) mass is 388 g/mol. The third-order valence-electron chi connectivity index (χ3n) is 7.26. The first-order valence-corrected chi connectivity index (χ1v) is 10.1. The molecule has 1 aliphatic heterocycles. The van der Waals surface area contributed by atoms with Crippen molar-refractivity contribution in [2.24, 2.45) is 29.1 Å². The number of rotatable bonds is 5. The summed E-state index contributed by atoms with van der Waals surface area (Å²) in [6.07, 6.45) is 1.07. The average molecular weight is 389 g/mol. The quantitative estimate of drug-likeness (QED) is 0.676. The molecule has 1 aromatic carbocycles. The van der Waals surface area contributed by atoms with E-state index in [-0.39, 0.29) is 23.0 Å². The molecule has 1 fully saturated rings. The van der Waals surface area contributed by atoms with Gasteiger partial charge in [0, 0.05) is 11.5 Å². The molecule has 1 heterocycles. The molecule has 2 aliphatic rings. The van der Waals surface area contributed by atoms with Crippen molar-refractivity contribution >= 4 is 11.8 Å². The number of cyclic esters (lactones) is 1. The predicted molar refractivity (Wildman–Crippen MR) is 107 cm³/mol. The summed E-state index contributed by atoms with van der Waals surface area (Å²) in [5.41, 5.74) is 1.23. The lowest BCUT2D eigenvalue weighted by atomic mass is 9.60. The number of esters is 1. The van der Waals surface area contributed by atoms with Gasteiger partial charge in [0.15, 0.2) is 11.5 Å². The molecule has 4 atom stereocenters. The van der Waals surface area contributed by atoms with Gasteiger partial charge in [0.25, 0.3) is 0 Å².